The summed E-state index contributed by atoms with van der Waals surface area (Å²) in [4.78, 5) is 11.7. The van der Waals surface area contributed by atoms with Gasteiger partial charge in [0.2, 0.25) is 0 Å². The molecule has 3 unspecified atom stereocenters. The summed E-state index contributed by atoms with van der Waals surface area (Å²) in [6.45, 7) is 8.87. The molecule has 0 aromatic heterocycles. The Kier molecular flexibility index (Phi) is 2.48. The first kappa shape index (κ1) is 11.2. The molecule has 15 heavy (non-hydrogen) atoms. The van der Waals surface area contributed by atoms with Crippen LogP contribution in [0.25, 0.3) is 0 Å². The van der Waals surface area contributed by atoms with Gasteiger partial charge in [-0.15, -0.1) is 0 Å². The third-order valence-electron chi connectivity index (χ3n) is 5.79. The van der Waals surface area contributed by atoms with Gasteiger partial charge in [-0.1, -0.05) is 27.2 Å². The Morgan fingerprint density at radius 1 is 1.13 bits per heavy atom. The highest BCUT2D eigenvalue weighted by Gasteiger charge is 2.56. The zero-order valence-corrected chi connectivity index (χ0v) is 10.6. The van der Waals surface area contributed by atoms with Crippen LogP contribution in [0.2, 0.25) is 0 Å². The van der Waals surface area contributed by atoms with Crippen LogP contribution in [0.5, 0.6) is 0 Å². The van der Waals surface area contributed by atoms with Crippen molar-refractivity contribution in [2.24, 2.45) is 22.7 Å². The van der Waals surface area contributed by atoms with Crippen molar-refractivity contribution in [3.8, 4) is 0 Å². The molecule has 0 saturated heterocycles. The van der Waals surface area contributed by atoms with Crippen LogP contribution in [0.4, 0.5) is 0 Å². The van der Waals surface area contributed by atoms with Gasteiger partial charge in [-0.3, -0.25) is 4.79 Å². The van der Waals surface area contributed by atoms with Gasteiger partial charge in [0.1, 0.15) is 5.78 Å². The van der Waals surface area contributed by atoms with Gasteiger partial charge in [0, 0.05) is 5.92 Å². The Balaban J connectivity index is 2.34. The summed E-state index contributed by atoms with van der Waals surface area (Å²) < 4.78 is 0. The van der Waals surface area contributed by atoms with Crippen molar-refractivity contribution in [3.63, 3.8) is 0 Å². The Hall–Kier alpha value is -0.330. The lowest BCUT2D eigenvalue weighted by molar-refractivity contribution is -0.135. The highest BCUT2D eigenvalue weighted by Crippen LogP contribution is 2.63. The van der Waals surface area contributed by atoms with Crippen molar-refractivity contribution >= 4 is 5.78 Å². The number of hydrogen-bond donors (Lipinski definition) is 0. The predicted molar refractivity (Wildman–Crippen MR) is 62.6 cm³/mol. The highest BCUT2D eigenvalue weighted by molar-refractivity contribution is 5.79. The SMILES string of the molecule is CC(=O)C1CCC2CCCC2(C)C1(C)C. The Labute approximate surface area is 93.6 Å². The minimum atomic E-state index is 0.207. The average molecular weight is 208 g/mol. The minimum Gasteiger partial charge on any atom is -0.300 e. The molecule has 0 aromatic carbocycles. The molecule has 0 radical (unpaired) electrons. The summed E-state index contributed by atoms with van der Waals surface area (Å²) in [6.07, 6.45) is 6.50. The Morgan fingerprint density at radius 3 is 2.40 bits per heavy atom. The topological polar surface area (TPSA) is 17.1 Å². The molecule has 0 spiro atoms. The van der Waals surface area contributed by atoms with E-state index in [0.717, 1.165) is 12.3 Å². The first-order chi connectivity index (χ1) is 6.89. The fraction of sp³-hybridized carbons (Fsp3) is 0.929. The summed E-state index contributed by atoms with van der Waals surface area (Å²) >= 11 is 0. The van der Waals surface area contributed by atoms with Crippen LogP contribution in [0.3, 0.4) is 0 Å². The first-order valence-electron chi connectivity index (χ1n) is 6.40. The zero-order chi connectivity index (χ0) is 11.3. The lowest BCUT2D eigenvalue weighted by Gasteiger charge is -2.54. The lowest BCUT2D eigenvalue weighted by Crippen LogP contribution is -2.49. The quantitative estimate of drug-likeness (QED) is 0.640. The number of rotatable bonds is 1. The standard InChI is InChI=1S/C14H24O/c1-10(15)12-8-7-11-6-5-9-14(11,4)13(12,2)3/h11-12H,5-9H2,1-4H3. The van der Waals surface area contributed by atoms with Gasteiger partial charge in [-0.25, -0.2) is 0 Å². The smallest absolute Gasteiger partial charge is 0.133 e. The fourth-order valence-corrected chi connectivity index (χ4v) is 4.39. The summed E-state index contributed by atoms with van der Waals surface area (Å²) in [7, 11) is 0. The second kappa shape index (κ2) is 3.33. The van der Waals surface area contributed by atoms with E-state index in [-0.39, 0.29) is 5.41 Å². The predicted octanol–water partition coefficient (Wildman–Crippen LogP) is 3.82. The van der Waals surface area contributed by atoms with Crippen molar-refractivity contribution in [1.29, 1.82) is 0 Å². The van der Waals surface area contributed by atoms with Gasteiger partial charge >= 0.3 is 0 Å². The summed E-state index contributed by atoms with van der Waals surface area (Å²) in [5.41, 5.74) is 0.625. The number of carbonyl (C=O) groups excluding carboxylic acids is 1. The third-order valence-corrected chi connectivity index (χ3v) is 5.79. The van der Waals surface area contributed by atoms with Gasteiger partial charge in [0.15, 0.2) is 0 Å². The maximum absolute atomic E-state index is 11.7. The molecule has 0 heterocycles. The van der Waals surface area contributed by atoms with E-state index in [0.29, 0.717) is 17.1 Å². The number of ketones is 1. The number of hydrogen-bond acceptors (Lipinski definition) is 1. The van der Waals surface area contributed by atoms with E-state index < -0.39 is 0 Å². The summed E-state index contributed by atoms with van der Waals surface area (Å²) in [5, 5.41) is 0. The van der Waals surface area contributed by atoms with Gasteiger partial charge in [-0.2, -0.15) is 0 Å². The van der Waals surface area contributed by atoms with E-state index in [4.69, 9.17) is 0 Å². The summed E-state index contributed by atoms with van der Waals surface area (Å²) in [5.74, 6) is 1.59. The van der Waals surface area contributed by atoms with Gasteiger partial charge in [-0.05, 0) is 49.4 Å². The molecule has 0 amide bonds. The van der Waals surface area contributed by atoms with Crippen molar-refractivity contribution in [2.45, 2.75) is 59.8 Å². The van der Waals surface area contributed by atoms with Crippen LogP contribution >= 0.6 is 0 Å². The van der Waals surface area contributed by atoms with Crippen molar-refractivity contribution in [2.75, 3.05) is 0 Å². The second-order valence-electron chi connectivity index (χ2n) is 6.47. The largest absolute Gasteiger partial charge is 0.300 e. The molecule has 0 N–H and O–H groups in total. The molecule has 2 aliphatic rings. The minimum absolute atomic E-state index is 0.207. The molecular formula is C14H24O. The maximum atomic E-state index is 11.7. The van der Waals surface area contributed by atoms with Crippen LogP contribution < -0.4 is 0 Å². The molecule has 2 aliphatic carbocycles. The van der Waals surface area contributed by atoms with E-state index in [1.54, 1.807) is 6.92 Å². The summed E-state index contributed by atoms with van der Waals surface area (Å²) in [6, 6.07) is 0. The molecule has 1 nitrogen and oxygen atoms in total. The molecule has 0 aliphatic heterocycles. The van der Waals surface area contributed by atoms with E-state index in [1.165, 1.54) is 25.7 Å². The number of Topliss-reactive ketones (excluding diaryl/α,β-unsaturated/α-hetero) is 1. The Bertz CT molecular complexity index is 279. The monoisotopic (exact) mass is 208 g/mol. The zero-order valence-electron chi connectivity index (χ0n) is 10.6. The molecule has 86 valence electrons. The Morgan fingerprint density at radius 2 is 1.80 bits per heavy atom. The first-order valence-corrected chi connectivity index (χ1v) is 6.40. The molecule has 2 rings (SSSR count). The van der Waals surface area contributed by atoms with E-state index in [2.05, 4.69) is 20.8 Å². The fourth-order valence-electron chi connectivity index (χ4n) is 4.39. The molecule has 0 aromatic rings. The molecular weight excluding hydrogens is 184 g/mol. The van der Waals surface area contributed by atoms with Crippen molar-refractivity contribution < 1.29 is 4.79 Å². The molecule has 2 saturated carbocycles. The highest BCUT2D eigenvalue weighted by atomic mass is 16.1. The second-order valence-corrected chi connectivity index (χ2v) is 6.47. The van der Waals surface area contributed by atoms with E-state index >= 15 is 0 Å². The van der Waals surface area contributed by atoms with Crippen LogP contribution in [0.15, 0.2) is 0 Å². The van der Waals surface area contributed by atoms with Crippen LogP contribution in [0.1, 0.15) is 59.8 Å². The van der Waals surface area contributed by atoms with Crippen LogP contribution in [-0.2, 0) is 4.79 Å². The molecule has 1 heteroatoms. The van der Waals surface area contributed by atoms with Crippen LogP contribution in [0, 0.1) is 22.7 Å². The average Bonchev–Trinajstić information content (AvgIpc) is 2.48. The third kappa shape index (κ3) is 1.38. The van der Waals surface area contributed by atoms with Gasteiger partial charge in [0.05, 0.1) is 0 Å². The van der Waals surface area contributed by atoms with E-state index in [1.807, 2.05) is 0 Å². The van der Waals surface area contributed by atoms with Gasteiger partial charge in [0.25, 0.3) is 0 Å². The molecule has 0 bridgehead atoms. The normalized spacial score (nSPS) is 43.7. The van der Waals surface area contributed by atoms with Gasteiger partial charge < -0.3 is 0 Å². The van der Waals surface area contributed by atoms with Crippen molar-refractivity contribution in [1.82, 2.24) is 0 Å². The number of fused-ring (bicyclic) bond motifs is 1. The van der Waals surface area contributed by atoms with Crippen molar-refractivity contribution in [3.05, 3.63) is 0 Å². The lowest BCUT2D eigenvalue weighted by atomic mass is 9.50. The van der Waals surface area contributed by atoms with E-state index in [9.17, 15) is 4.79 Å². The maximum Gasteiger partial charge on any atom is 0.133 e. The molecule has 3 atom stereocenters. The molecule has 2 fully saturated rings. The van der Waals surface area contributed by atoms with Crippen LogP contribution in [-0.4, -0.2) is 5.78 Å². The number of carbonyl (C=O) groups is 1.